The van der Waals surface area contributed by atoms with Crippen LogP contribution in [-0.2, 0) is 0 Å². The van der Waals surface area contributed by atoms with E-state index in [4.69, 9.17) is 23.2 Å². The van der Waals surface area contributed by atoms with E-state index in [1.54, 1.807) is 11.8 Å². The topological polar surface area (TPSA) is 24.4 Å². The van der Waals surface area contributed by atoms with Gasteiger partial charge in [-0.25, -0.2) is 4.39 Å². The molecule has 0 amide bonds. The lowest BCUT2D eigenvalue weighted by Crippen LogP contribution is -2.06. The molecule has 0 spiro atoms. The van der Waals surface area contributed by atoms with Gasteiger partial charge in [-0.05, 0) is 18.6 Å². The fraction of sp³-hybridized carbons (Fsp3) is 0.364. The minimum absolute atomic E-state index is 0.262. The Bertz CT molecular complexity index is 442. The summed E-state index contributed by atoms with van der Waals surface area (Å²) in [6, 6.07) is 2.79. The Balaban J connectivity index is 2.20. The van der Waals surface area contributed by atoms with Gasteiger partial charge in [0.15, 0.2) is 5.17 Å². The summed E-state index contributed by atoms with van der Waals surface area (Å²) >= 11 is 13.5. The van der Waals surface area contributed by atoms with E-state index in [0.717, 1.165) is 17.3 Å². The molecule has 1 aromatic carbocycles. The Kier molecular flexibility index (Phi) is 4.17. The van der Waals surface area contributed by atoms with Crippen molar-refractivity contribution < 1.29 is 4.39 Å². The van der Waals surface area contributed by atoms with Crippen molar-refractivity contribution in [1.82, 2.24) is 0 Å². The van der Waals surface area contributed by atoms with E-state index < -0.39 is 5.82 Å². The zero-order valence-electron chi connectivity index (χ0n) is 9.14. The molecular weight excluding hydrogens is 282 g/mol. The number of benzene rings is 1. The summed E-state index contributed by atoms with van der Waals surface area (Å²) in [5, 5.41) is 4.36. The number of aliphatic imine (C=N–C) groups is 1. The molecule has 1 aliphatic rings. The van der Waals surface area contributed by atoms with E-state index in [0.29, 0.717) is 11.7 Å². The molecular formula is C11H11Cl2FN2S. The van der Waals surface area contributed by atoms with Crippen LogP contribution < -0.4 is 5.32 Å². The summed E-state index contributed by atoms with van der Waals surface area (Å²) in [6.45, 7) is 2.09. The van der Waals surface area contributed by atoms with Crippen molar-refractivity contribution in [2.24, 2.45) is 4.99 Å². The van der Waals surface area contributed by atoms with Gasteiger partial charge in [-0.3, -0.25) is 4.99 Å². The van der Waals surface area contributed by atoms with Crippen molar-refractivity contribution in [3.63, 3.8) is 0 Å². The third-order valence-electron chi connectivity index (χ3n) is 2.42. The first-order valence-corrected chi connectivity index (χ1v) is 6.96. The Hall–Kier alpha value is -0.450. The van der Waals surface area contributed by atoms with Gasteiger partial charge >= 0.3 is 0 Å². The molecule has 0 aliphatic carbocycles. The quantitative estimate of drug-likeness (QED) is 0.872. The summed E-state index contributed by atoms with van der Waals surface area (Å²) in [6.07, 6.45) is 1.00. The van der Waals surface area contributed by atoms with Crippen molar-refractivity contribution >= 4 is 45.8 Å². The molecule has 1 heterocycles. The molecule has 0 aromatic heterocycles. The second-order valence-corrected chi connectivity index (χ2v) is 5.50. The maximum atomic E-state index is 13.0. The Labute approximate surface area is 114 Å². The number of nitrogens with zero attached hydrogens (tertiary/aromatic N) is 1. The average Bonchev–Trinajstić information content (AvgIpc) is 2.71. The van der Waals surface area contributed by atoms with E-state index in [2.05, 4.69) is 17.2 Å². The van der Waals surface area contributed by atoms with Crippen molar-refractivity contribution in [2.45, 2.75) is 19.4 Å². The molecule has 6 heteroatoms. The third kappa shape index (κ3) is 3.06. The van der Waals surface area contributed by atoms with Gasteiger partial charge in [-0.15, -0.1) is 0 Å². The van der Waals surface area contributed by atoms with Crippen molar-refractivity contribution in [3.8, 4) is 0 Å². The number of hydrogen-bond acceptors (Lipinski definition) is 3. The first-order valence-electron chi connectivity index (χ1n) is 5.22. The third-order valence-corrected chi connectivity index (χ3v) is 4.05. The van der Waals surface area contributed by atoms with E-state index in [1.165, 1.54) is 12.1 Å². The van der Waals surface area contributed by atoms with Gasteiger partial charge in [0.2, 0.25) is 0 Å². The smallest absolute Gasteiger partial charge is 0.161 e. The van der Waals surface area contributed by atoms with Crippen molar-refractivity contribution in [2.75, 3.05) is 11.1 Å². The molecule has 92 valence electrons. The van der Waals surface area contributed by atoms with Gasteiger partial charge in [-0.2, -0.15) is 0 Å². The number of rotatable bonds is 2. The minimum atomic E-state index is -0.446. The highest BCUT2D eigenvalue weighted by molar-refractivity contribution is 8.14. The number of amidine groups is 1. The SMILES string of the molecule is CCC1CSC(Nc2c(Cl)cc(F)cc2Cl)=N1. The summed E-state index contributed by atoms with van der Waals surface area (Å²) < 4.78 is 13.0. The van der Waals surface area contributed by atoms with Crippen LogP contribution in [0.4, 0.5) is 10.1 Å². The molecule has 0 saturated carbocycles. The van der Waals surface area contributed by atoms with Crippen LogP contribution >= 0.6 is 35.0 Å². The maximum absolute atomic E-state index is 13.0. The monoisotopic (exact) mass is 292 g/mol. The van der Waals surface area contributed by atoms with Gasteiger partial charge in [0, 0.05) is 5.75 Å². The normalized spacial score (nSPS) is 19.3. The summed E-state index contributed by atoms with van der Waals surface area (Å²) in [7, 11) is 0. The molecule has 1 unspecified atom stereocenters. The van der Waals surface area contributed by atoms with E-state index in [-0.39, 0.29) is 10.0 Å². The van der Waals surface area contributed by atoms with E-state index in [9.17, 15) is 4.39 Å². The van der Waals surface area contributed by atoms with Crippen LogP contribution in [0, 0.1) is 5.82 Å². The predicted molar refractivity (Wildman–Crippen MR) is 74.0 cm³/mol. The number of thioether (sulfide) groups is 1. The van der Waals surface area contributed by atoms with Crippen LogP contribution in [0.2, 0.25) is 10.0 Å². The van der Waals surface area contributed by atoms with Crippen LogP contribution in [0.15, 0.2) is 17.1 Å². The van der Waals surface area contributed by atoms with Gasteiger partial charge in [-0.1, -0.05) is 41.9 Å². The van der Waals surface area contributed by atoms with Crippen LogP contribution in [-0.4, -0.2) is 17.0 Å². The molecule has 0 radical (unpaired) electrons. The van der Waals surface area contributed by atoms with Gasteiger partial charge in [0.1, 0.15) is 5.82 Å². The highest BCUT2D eigenvalue weighted by Crippen LogP contribution is 2.33. The lowest BCUT2D eigenvalue weighted by Gasteiger charge is -2.09. The van der Waals surface area contributed by atoms with Crippen molar-refractivity contribution in [1.29, 1.82) is 0 Å². The van der Waals surface area contributed by atoms with Crippen LogP contribution in [0.3, 0.4) is 0 Å². The zero-order chi connectivity index (χ0) is 12.4. The lowest BCUT2D eigenvalue weighted by atomic mass is 10.3. The van der Waals surface area contributed by atoms with Crippen LogP contribution in [0.25, 0.3) is 0 Å². The lowest BCUT2D eigenvalue weighted by molar-refractivity contribution is 0.628. The Morgan fingerprint density at radius 2 is 2.12 bits per heavy atom. The van der Waals surface area contributed by atoms with E-state index >= 15 is 0 Å². The van der Waals surface area contributed by atoms with Crippen molar-refractivity contribution in [3.05, 3.63) is 28.0 Å². The number of hydrogen-bond donors (Lipinski definition) is 1. The highest BCUT2D eigenvalue weighted by atomic mass is 35.5. The maximum Gasteiger partial charge on any atom is 0.161 e. The first kappa shape index (κ1) is 13.0. The van der Waals surface area contributed by atoms with E-state index in [1.807, 2.05) is 0 Å². The summed E-state index contributed by atoms with van der Waals surface area (Å²) in [4.78, 5) is 4.46. The molecule has 17 heavy (non-hydrogen) atoms. The molecule has 0 bridgehead atoms. The molecule has 1 N–H and O–H groups in total. The largest absolute Gasteiger partial charge is 0.333 e. The van der Waals surface area contributed by atoms with Gasteiger partial charge < -0.3 is 5.32 Å². The molecule has 1 atom stereocenters. The molecule has 2 nitrogen and oxygen atoms in total. The van der Waals surface area contributed by atoms with Crippen LogP contribution in [0.1, 0.15) is 13.3 Å². The number of halogens is 3. The summed E-state index contributed by atoms with van der Waals surface area (Å²) in [5.41, 5.74) is 0.512. The first-order chi connectivity index (χ1) is 8.10. The van der Waals surface area contributed by atoms with Gasteiger partial charge in [0.05, 0.1) is 21.8 Å². The number of anilines is 1. The molecule has 0 saturated heterocycles. The second kappa shape index (κ2) is 5.46. The average molecular weight is 293 g/mol. The zero-order valence-corrected chi connectivity index (χ0v) is 11.5. The second-order valence-electron chi connectivity index (χ2n) is 3.68. The van der Waals surface area contributed by atoms with Crippen LogP contribution in [0.5, 0.6) is 0 Å². The Morgan fingerprint density at radius 1 is 1.47 bits per heavy atom. The standard InChI is InChI=1S/C11H11Cl2FN2S/c1-2-7-5-17-11(15-7)16-10-8(12)3-6(14)4-9(10)13/h3-4,7H,2,5H2,1H3,(H,15,16). The fourth-order valence-electron chi connectivity index (χ4n) is 1.46. The fourth-order valence-corrected chi connectivity index (χ4v) is 3.07. The predicted octanol–water partition coefficient (Wildman–Crippen LogP) is 4.43. The molecule has 1 aliphatic heterocycles. The Morgan fingerprint density at radius 3 is 2.65 bits per heavy atom. The minimum Gasteiger partial charge on any atom is -0.333 e. The summed E-state index contributed by atoms with van der Waals surface area (Å²) in [5.74, 6) is 0.507. The molecule has 2 rings (SSSR count). The number of nitrogens with one attached hydrogen (secondary N) is 1. The highest BCUT2D eigenvalue weighted by Gasteiger charge is 2.18. The van der Waals surface area contributed by atoms with Gasteiger partial charge in [0.25, 0.3) is 0 Å². The molecule has 1 aromatic rings. The molecule has 0 fully saturated rings.